The fourth-order valence-electron chi connectivity index (χ4n) is 1.43. The summed E-state index contributed by atoms with van der Waals surface area (Å²) in [5.74, 6) is 0.818. The predicted octanol–water partition coefficient (Wildman–Crippen LogP) is 2.42. The third-order valence-corrected chi connectivity index (χ3v) is 2.80. The second-order valence-electron chi connectivity index (χ2n) is 4.13. The van der Waals surface area contributed by atoms with Gasteiger partial charge in [-0.1, -0.05) is 18.5 Å². The summed E-state index contributed by atoms with van der Waals surface area (Å²) in [7, 11) is 1.98. The van der Waals surface area contributed by atoms with Gasteiger partial charge in [-0.3, -0.25) is 0 Å². The molecule has 17 heavy (non-hydrogen) atoms. The van der Waals surface area contributed by atoms with Crippen molar-refractivity contribution in [1.29, 1.82) is 0 Å². The predicted molar refractivity (Wildman–Crippen MR) is 70.7 cm³/mol. The van der Waals surface area contributed by atoms with Gasteiger partial charge >= 0.3 is 0 Å². The minimum absolute atomic E-state index is 0.254. The zero-order valence-corrected chi connectivity index (χ0v) is 11.2. The molecule has 1 aromatic carbocycles. The number of halogens is 1. The van der Waals surface area contributed by atoms with E-state index in [1.165, 1.54) is 0 Å². The molecule has 1 N–H and O–H groups in total. The summed E-state index contributed by atoms with van der Waals surface area (Å²) >= 11 is 5.78. The van der Waals surface area contributed by atoms with Crippen LogP contribution in [0.2, 0.25) is 5.02 Å². The lowest BCUT2D eigenvalue weighted by Gasteiger charge is -2.19. The van der Waals surface area contributed by atoms with Crippen LogP contribution in [0.4, 0.5) is 0 Å². The fraction of sp³-hybridized carbons (Fsp3) is 0.538. The first-order valence-electron chi connectivity index (χ1n) is 5.86. The highest BCUT2D eigenvalue weighted by Gasteiger charge is 2.05. The van der Waals surface area contributed by atoms with Crippen molar-refractivity contribution in [3.05, 3.63) is 29.3 Å². The Morgan fingerprint density at radius 1 is 1.35 bits per heavy atom. The molecule has 0 aliphatic heterocycles. The van der Waals surface area contributed by atoms with Crippen LogP contribution in [0.25, 0.3) is 0 Å². The maximum Gasteiger partial charge on any atom is 0.119 e. The summed E-state index contributed by atoms with van der Waals surface area (Å²) in [6, 6.07) is 7.31. The van der Waals surface area contributed by atoms with Gasteiger partial charge < -0.3 is 14.7 Å². The first-order valence-corrected chi connectivity index (χ1v) is 6.24. The molecule has 0 bridgehead atoms. The number of hydrogen-bond donors (Lipinski definition) is 1. The van der Waals surface area contributed by atoms with Gasteiger partial charge in [0, 0.05) is 18.1 Å². The van der Waals surface area contributed by atoms with Crippen molar-refractivity contribution in [3.8, 4) is 5.75 Å². The van der Waals surface area contributed by atoms with Crippen molar-refractivity contribution in [2.45, 2.75) is 19.4 Å². The summed E-state index contributed by atoms with van der Waals surface area (Å²) in [6.07, 6.45) is 0.526. The van der Waals surface area contributed by atoms with Gasteiger partial charge in [0.25, 0.3) is 0 Å². The zero-order chi connectivity index (χ0) is 12.7. The van der Waals surface area contributed by atoms with Gasteiger partial charge in [0.1, 0.15) is 12.4 Å². The molecule has 0 unspecified atom stereocenters. The number of aliphatic hydroxyl groups excluding tert-OH is 1. The van der Waals surface area contributed by atoms with Crippen molar-refractivity contribution >= 4 is 11.6 Å². The summed E-state index contributed by atoms with van der Waals surface area (Å²) in [4.78, 5) is 2.06. The van der Waals surface area contributed by atoms with Gasteiger partial charge in [0.2, 0.25) is 0 Å². The van der Waals surface area contributed by atoms with Crippen LogP contribution >= 0.6 is 11.6 Å². The molecule has 0 radical (unpaired) electrons. The molecular weight excluding hydrogens is 238 g/mol. The number of nitrogens with zero attached hydrogens (tertiary/aromatic N) is 1. The van der Waals surface area contributed by atoms with Crippen LogP contribution in [0, 0.1) is 0 Å². The second kappa shape index (κ2) is 7.54. The van der Waals surface area contributed by atoms with E-state index in [1.807, 2.05) is 26.1 Å². The molecule has 0 amide bonds. The number of aliphatic hydroxyl groups is 1. The lowest BCUT2D eigenvalue weighted by molar-refractivity contribution is 0.114. The standard InChI is InChI=1S/C13H20ClNO2/c1-3-12(16)10-15(2)8-9-17-13-6-4-11(14)5-7-13/h4-7,12,16H,3,8-10H2,1-2H3/t12-/m1/s1. The first-order chi connectivity index (χ1) is 8.11. The van der Waals surface area contributed by atoms with Gasteiger partial charge in [-0.15, -0.1) is 0 Å². The van der Waals surface area contributed by atoms with Crippen molar-refractivity contribution < 1.29 is 9.84 Å². The normalized spacial score (nSPS) is 12.8. The molecule has 1 atom stereocenters. The molecule has 0 spiro atoms. The van der Waals surface area contributed by atoms with E-state index in [0.29, 0.717) is 18.2 Å². The minimum Gasteiger partial charge on any atom is -0.492 e. The molecule has 0 heterocycles. The lowest BCUT2D eigenvalue weighted by Crippen LogP contribution is -2.31. The maximum atomic E-state index is 9.48. The molecule has 0 fully saturated rings. The van der Waals surface area contributed by atoms with Crippen molar-refractivity contribution in [1.82, 2.24) is 4.90 Å². The third-order valence-electron chi connectivity index (χ3n) is 2.55. The number of hydrogen-bond acceptors (Lipinski definition) is 3. The Bertz CT molecular complexity index is 316. The highest BCUT2D eigenvalue weighted by atomic mass is 35.5. The molecule has 0 saturated heterocycles. The van der Waals surface area contributed by atoms with Gasteiger partial charge in [-0.25, -0.2) is 0 Å². The molecule has 4 heteroatoms. The van der Waals surface area contributed by atoms with Gasteiger partial charge in [-0.2, -0.15) is 0 Å². The molecule has 0 aromatic heterocycles. The molecule has 96 valence electrons. The van der Waals surface area contributed by atoms with Crippen LogP contribution < -0.4 is 4.74 Å². The summed E-state index contributed by atoms with van der Waals surface area (Å²) in [5.41, 5.74) is 0. The molecule has 0 saturated carbocycles. The van der Waals surface area contributed by atoms with Crippen molar-refractivity contribution in [3.63, 3.8) is 0 Å². The van der Waals surface area contributed by atoms with E-state index in [9.17, 15) is 5.11 Å². The van der Waals surface area contributed by atoms with Gasteiger partial charge in [0.05, 0.1) is 6.10 Å². The van der Waals surface area contributed by atoms with Gasteiger partial charge in [0.15, 0.2) is 0 Å². The van der Waals surface area contributed by atoms with Gasteiger partial charge in [-0.05, 0) is 37.7 Å². The van der Waals surface area contributed by atoms with Crippen LogP contribution in [0.1, 0.15) is 13.3 Å². The Hall–Kier alpha value is -0.770. The molecule has 1 aromatic rings. The quantitative estimate of drug-likeness (QED) is 0.814. The largest absolute Gasteiger partial charge is 0.492 e. The summed E-state index contributed by atoms with van der Waals surface area (Å²) in [5, 5.41) is 10.2. The minimum atomic E-state index is -0.254. The topological polar surface area (TPSA) is 32.7 Å². The third kappa shape index (κ3) is 5.91. The van der Waals surface area contributed by atoms with E-state index in [1.54, 1.807) is 12.1 Å². The number of benzene rings is 1. The van der Waals surface area contributed by atoms with Crippen LogP contribution in [0.5, 0.6) is 5.75 Å². The van der Waals surface area contributed by atoms with E-state index >= 15 is 0 Å². The Morgan fingerprint density at radius 2 is 2.00 bits per heavy atom. The van der Waals surface area contributed by atoms with E-state index in [-0.39, 0.29) is 6.10 Å². The molecule has 0 aliphatic carbocycles. The highest BCUT2D eigenvalue weighted by molar-refractivity contribution is 6.30. The zero-order valence-electron chi connectivity index (χ0n) is 10.4. The molecule has 3 nitrogen and oxygen atoms in total. The average molecular weight is 258 g/mol. The van der Waals surface area contributed by atoms with E-state index < -0.39 is 0 Å². The SMILES string of the molecule is CC[C@@H](O)CN(C)CCOc1ccc(Cl)cc1. The molecule has 1 rings (SSSR count). The Balaban J connectivity index is 2.21. The monoisotopic (exact) mass is 257 g/mol. The lowest BCUT2D eigenvalue weighted by atomic mass is 10.2. The van der Waals surface area contributed by atoms with Crippen LogP contribution in [0.15, 0.2) is 24.3 Å². The Labute approximate surface area is 108 Å². The summed E-state index contributed by atoms with van der Waals surface area (Å²) in [6.45, 7) is 4.05. The fourth-order valence-corrected chi connectivity index (χ4v) is 1.56. The number of likely N-dealkylation sites (N-methyl/N-ethyl adjacent to an activating group) is 1. The smallest absolute Gasteiger partial charge is 0.119 e. The van der Waals surface area contributed by atoms with Crippen LogP contribution in [-0.4, -0.2) is 42.9 Å². The van der Waals surface area contributed by atoms with Crippen LogP contribution in [0.3, 0.4) is 0 Å². The maximum absolute atomic E-state index is 9.48. The Morgan fingerprint density at radius 3 is 2.59 bits per heavy atom. The molecule has 0 aliphatic rings. The molecular formula is C13H20ClNO2. The van der Waals surface area contributed by atoms with E-state index in [0.717, 1.165) is 18.7 Å². The second-order valence-corrected chi connectivity index (χ2v) is 4.56. The highest BCUT2D eigenvalue weighted by Crippen LogP contribution is 2.15. The average Bonchev–Trinajstić information content (AvgIpc) is 2.31. The van der Waals surface area contributed by atoms with Crippen molar-refractivity contribution in [2.75, 3.05) is 26.7 Å². The Kier molecular flexibility index (Phi) is 6.34. The number of ether oxygens (including phenoxy) is 1. The summed E-state index contributed by atoms with van der Waals surface area (Å²) < 4.78 is 5.56. The van der Waals surface area contributed by atoms with E-state index in [2.05, 4.69) is 4.90 Å². The first kappa shape index (κ1) is 14.3. The van der Waals surface area contributed by atoms with E-state index in [4.69, 9.17) is 16.3 Å². The van der Waals surface area contributed by atoms with Crippen molar-refractivity contribution in [2.24, 2.45) is 0 Å². The number of rotatable bonds is 7. The van der Waals surface area contributed by atoms with Crippen LogP contribution in [-0.2, 0) is 0 Å².